The van der Waals surface area contributed by atoms with Crippen molar-refractivity contribution in [2.24, 2.45) is 11.7 Å². The lowest BCUT2D eigenvalue weighted by atomic mass is 9.99. The van der Waals surface area contributed by atoms with Crippen LogP contribution in [0.2, 0.25) is 0 Å². The zero-order valence-electron chi connectivity index (χ0n) is 10.7. The van der Waals surface area contributed by atoms with Crippen molar-refractivity contribution in [1.29, 1.82) is 0 Å². The van der Waals surface area contributed by atoms with Crippen LogP contribution in [-0.4, -0.2) is 16.9 Å². The van der Waals surface area contributed by atoms with E-state index < -0.39 is 6.04 Å². The molecule has 0 saturated heterocycles. The average molecular weight is 235 g/mol. The van der Waals surface area contributed by atoms with Gasteiger partial charge >= 0.3 is 0 Å². The summed E-state index contributed by atoms with van der Waals surface area (Å²) in [6, 6.07) is 3.28. The summed E-state index contributed by atoms with van der Waals surface area (Å²) in [5.74, 6) is 0.0896. The molecule has 3 N–H and O–H groups in total. The minimum absolute atomic E-state index is 0.0636. The maximum absolute atomic E-state index is 11.9. The molecule has 1 aromatic heterocycles. The Labute approximate surface area is 103 Å². The molecule has 0 aliphatic rings. The summed E-state index contributed by atoms with van der Waals surface area (Å²) in [5.41, 5.74) is 6.85. The van der Waals surface area contributed by atoms with E-state index in [2.05, 4.69) is 10.3 Å². The van der Waals surface area contributed by atoms with Crippen LogP contribution in [0.1, 0.15) is 38.8 Å². The molecule has 94 valence electrons. The first-order chi connectivity index (χ1) is 8.06. The number of hydrogen-bond acceptors (Lipinski definition) is 3. The lowest BCUT2D eigenvalue weighted by molar-refractivity contribution is -0.124. The van der Waals surface area contributed by atoms with Crippen LogP contribution >= 0.6 is 0 Å². The van der Waals surface area contributed by atoms with Gasteiger partial charge in [-0.3, -0.25) is 9.78 Å². The van der Waals surface area contributed by atoms with Crippen LogP contribution in [0.25, 0.3) is 0 Å². The minimum Gasteiger partial charge on any atom is -0.348 e. The highest BCUT2D eigenvalue weighted by Crippen LogP contribution is 2.11. The summed E-state index contributed by atoms with van der Waals surface area (Å²) in [5, 5.41) is 2.91. The molecule has 2 unspecified atom stereocenters. The largest absolute Gasteiger partial charge is 0.348 e. The molecule has 0 bridgehead atoms. The number of nitrogens with two attached hydrogens (primary N) is 1. The Morgan fingerprint density at radius 1 is 1.53 bits per heavy atom. The van der Waals surface area contributed by atoms with Gasteiger partial charge in [0, 0.05) is 12.4 Å². The van der Waals surface area contributed by atoms with Crippen LogP contribution in [0.5, 0.6) is 0 Å². The second kappa shape index (κ2) is 6.35. The van der Waals surface area contributed by atoms with E-state index in [0.29, 0.717) is 0 Å². The van der Waals surface area contributed by atoms with Crippen molar-refractivity contribution >= 4 is 5.91 Å². The van der Waals surface area contributed by atoms with Crippen LogP contribution in [0.4, 0.5) is 0 Å². The number of aromatic nitrogens is 1. The normalized spacial score (nSPS) is 16.0. The smallest absolute Gasteiger partial charge is 0.237 e. The number of hydrogen-bond donors (Lipinski definition) is 2. The Kier molecular flexibility index (Phi) is 5.10. The van der Waals surface area contributed by atoms with E-state index in [0.717, 1.165) is 12.0 Å². The molecule has 17 heavy (non-hydrogen) atoms. The molecule has 4 nitrogen and oxygen atoms in total. The molecule has 0 aromatic carbocycles. The van der Waals surface area contributed by atoms with Crippen molar-refractivity contribution in [3.05, 3.63) is 30.1 Å². The molecule has 0 aliphatic heterocycles. The van der Waals surface area contributed by atoms with Gasteiger partial charge in [0.1, 0.15) is 0 Å². The van der Waals surface area contributed by atoms with Crippen molar-refractivity contribution in [1.82, 2.24) is 10.3 Å². The number of pyridine rings is 1. The molecule has 0 aliphatic carbocycles. The Hall–Kier alpha value is -1.42. The van der Waals surface area contributed by atoms with Crippen LogP contribution < -0.4 is 11.1 Å². The van der Waals surface area contributed by atoms with E-state index in [-0.39, 0.29) is 17.9 Å². The van der Waals surface area contributed by atoms with Gasteiger partial charge in [0.15, 0.2) is 0 Å². The Morgan fingerprint density at radius 2 is 2.24 bits per heavy atom. The van der Waals surface area contributed by atoms with E-state index >= 15 is 0 Å². The molecule has 0 fully saturated rings. The highest BCUT2D eigenvalue weighted by atomic mass is 16.2. The number of nitrogens with one attached hydrogen (secondary N) is 1. The molecule has 1 rings (SSSR count). The molecule has 0 spiro atoms. The quantitative estimate of drug-likeness (QED) is 0.815. The second-order valence-electron chi connectivity index (χ2n) is 4.43. The summed E-state index contributed by atoms with van der Waals surface area (Å²) < 4.78 is 0. The zero-order valence-corrected chi connectivity index (χ0v) is 10.7. The summed E-state index contributed by atoms with van der Waals surface area (Å²) in [4.78, 5) is 15.9. The second-order valence-corrected chi connectivity index (χ2v) is 4.43. The van der Waals surface area contributed by atoms with Crippen LogP contribution in [0.3, 0.4) is 0 Å². The molecule has 1 heterocycles. The molecule has 3 atom stereocenters. The van der Waals surface area contributed by atoms with E-state index in [4.69, 9.17) is 5.73 Å². The zero-order chi connectivity index (χ0) is 12.8. The summed E-state index contributed by atoms with van der Waals surface area (Å²) in [6.07, 6.45) is 4.36. The lowest BCUT2D eigenvalue weighted by Crippen LogP contribution is -2.45. The molecular weight excluding hydrogens is 214 g/mol. The monoisotopic (exact) mass is 235 g/mol. The first kappa shape index (κ1) is 13.6. The van der Waals surface area contributed by atoms with Crippen molar-refractivity contribution in [3.63, 3.8) is 0 Å². The maximum Gasteiger partial charge on any atom is 0.237 e. The highest BCUT2D eigenvalue weighted by molar-refractivity contribution is 5.82. The van der Waals surface area contributed by atoms with Gasteiger partial charge in [-0.25, -0.2) is 0 Å². The van der Waals surface area contributed by atoms with Crippen molar-refractivity contribution < 1.29 is 4.79 Å². The minimum atomic E-state index is -0.445. The van der Waals surface area contributed by atoms with Gasteiger partial charge in [-0.15, -0.1) is 0 Å². The fourth-order valence-corrected chi connectivity index (χ4v) is 1.54. The molecular formula is C13H21N3O. The van der Waals surface area contributed by atoms with Gasteiger partial charge in [-0.2, -0.15) is 0 Å². The first-order valence-electron chi connectivity index (χ1n) is 6.02. The number of carbonyl (C=O) groups excluding carboxylic acids is 1. The maximum atomic E-state index is 11.9. The highest BCUT2D eigenvalue weighted by Gasteiger charge is 2.21. The summed E-state index contributed by atoms with van der Waals surface area (Å²) in [7, 11) is 0. The Bertz CT molecular complexity index is 353. The Balaban J connectivity index is 2.57. The average Bonchev–Trinajstić information content (AvgIpc) is 2.37. The van der Waals surface area contributed by atoms with Crippen LogP contribution in [0.15, 0.2) is 24.5 Å². The topological polar surface area (TPSA) is 68.0 Å². The third-order valence-electron chi connectivity index (χ3n) is 3.10. The number of rotatable bonds is 5. The van der Waals surface area contributed by atoms with Gasteiger partial charge in [0.2, 0.25) is 5.91 Å². The third-order valence-corrected chi connectivity index (χ3v) is 3.10. The first-order valence-corrected chi connectivity index (χ1v) is 6.02. The number of amides is 1. The Morgan fingerprint density at radius 3 is 2.76 bits per heavy atom. The number of nitrogens with zero attached hydrogens (tertiary/aromatic N) is 1. The molecule has 0 radical (unpaired) electrons. The van der Waals surface area contributed by atoms with Gasteiger partial charge in [0.25, 0.3) is 0 Å². The van der Waals surface area contributed by atoms with Crippen molar-refractivity contribution in [2.45, 2.75) is 39.3 Å². The SMILES string of the molecule is CCC(C)C(N)C(=O)N[C@H](C)c1cccnc1. The van der Waals surface area contributed by atoms with Crippen LogP contribution in [0, 0.1) is 5.92 Å². The molecule has 4 heteroatoms. The molecule has 1 amide bonds. The van der Waals surface area contributed by atoms with E-state index in [9.17, 15) is 4.79 Å². The van der Waals surface area contributed by atoms with E-state index in [1.807, 2.05) is 32.9 Å². The van der Waals surface area contributed by atoms with E-state index in [1.54, 1.807) is 12.4 Å². The standard InChI is InChI=1S/C13H21N3O/c1-4-9(2)12(14)13(17)16-10(3)11-6-5-7-15-8-11/h5-10,12H,4,14H2,1-3H3,(H,16,17)/t9?,10-,12?/m1/s1. The summed E-state index contributed by atoms with van der Waals surface area (Å²) >= 11 is 0. The fourth-order valence-electron chi connectivity index (χ4n) is 1.54. The number of carbonyl (C=O) groups is 1. The fraction of sp³-hybridized carbons (Fsp3) is 0.538. The van der Waals surface area contributed by atoms with Gasteiger partial charge < -0.3 is 11.1 Å². The van der Waals surface area contributed by atoms with Gasteiger partial charge in [-0.1, -0.05) is 26.3 Å². The summed E-state index contributed by atoms with van der Waals surface area (Å²) in [6.45, 7) is 5.94. The predicted octanol–water partition coefficient (Wildman–Crippen LogP) is 1.63. The third kappa shape index (κ3) is 3.82. The van der Waals surface area contributed by atoms with Crippen molar-refractivity contribution in [3.8, 4) is 0 Å². The molecule has 0 saturated carbocycles. The van der Waals surface area contributed by atoms with Gasteiger partial charge in [0.05, 0.1) is 12.1 Å². The molecule has 1 aromatic rings. The van der Waals surface area contributed by atoms with Crippen LogP contribution in [-0.2, 0) is 4.79 Å². The lowest BCUT2D eigenvalue weighted by Gasteiger charge is -2.21. The van der Waals surface area contributed by atoms with Crippen molar-refractivity contribution in [2.75, 3.05) is 0 Å². The predicted molar refractivity (Wildman–Crippen MR) is 68.2 cm³/mol. The van der Waals surface area contributed by atoms with Gasteiger partial charge in [-0.05, 0) is 24.5 Å². The van der Waals surface area contributed by atoms with E-state index in [1.165, 1.54) is 0 Å².